The van der Waals surface area contributed by atoms with E-state index in [0.717, 1.165) is 24.3 Å². The third-order valence-electron chi connectivity index (χ3n) is 4.88. The van der Waals surface area contributed by atoms with Crippen molar-refractivity contribution in [1.82, 2.24) is 14.9 Å². The molecule has 0 spiro atoms. The van der Waals surface area contributed by atoms with Crippen LogP contribution in [0.3, 0.4) is 0 Å². The normalized spacial score (nSPS) is 14.7. The van der Waals surface area contributed by atoms with Crippen molar-refractivity contribution in [2.24, 2.45) is 0 Å². The largest absolute Gasteiger partial charge is 0.450 e. The van der Waals surface area contributed by atoms with Gasteiger partial charge in [-0.05, 0) is 56.9 Å². The highest BCUT2D eigenvalue weighted by Gasteiger charge is 2.23. The SMILES string of the molecule is CCOC(=O)N1CCC(Nc2ccnc(Nc3cccc(C)c3C)n2)CC1. The number of carbonyl (C=O) groups excluding carboxylic acids is 1. The zero-order valence-corrected chi connectivity index (χ0v) is 16.2. The molecule has 2 heterocycles. The number of aryl methyl sites for hydroxylation is 1. The Kier molecular flexibility index (Phi) is 6.11. The second-order valence-electron chi connectivity index (χ2n) is 6.74. The van der Waals surface area contributed by atoms with Crippen molar-refractivity contribution in [1.29, 1.82) is 0 Å². The number of nitrogens with zero attached hydrogens (tertiary/aromatic N) is 3. The molecular formula is C20H27N5O2. The van der Waals surface area contributed by atoms with Crippen molar-refractivity contribution in [3.05, 3.63) is 41.6 Å². The van der Waals surface area contributed by atoms with E-state index in [-0.39, 0.29) is 12.1 Å². The third kappa shape index (κ3) is 4.87. The fourth-order valence-electron chi connectivity index (χ4n) is 3.14. The first-order valence-electron chi connectivity index (χ1n) is 9.41. The predicted molar refractivity (Wildman–Crippen MR) is 106 cm³/mol. The molecule has 7 heteroatoms. The number of ether oxygens (including phenoxy) is 1. The van der Waals surface area contributed by atoms with Crippen LogP contribution in [0.4, 0.5) is 22.2 Å². The Hall–Kier alpha value is -2.83. The molecule has 2 N–H and O–H groups in total. The van der Waals surface area contributed by atoms with Gasteiger partial charge in [-0.3, -0.25) is 0 Å². The van der Waals surface area contributed by atoms with Gasteiger partial charge in [-0.1, -0.05) is 12.1 Å². The number of aromatic nitrogens is 2. The Morgan fingerprint density at radius 1 is 1.26 bits per heavy atom. The molecule has 0 bridgehead atoms. The number of piperidine rings is 1. The van der Waals surface area contributed by atoms with Crippen LogP contribution < -0.4 is 10.6 Å². The minimum absolute atomic E-state index is 0.224. The maximum absolute atomic E-state index is 11.8. The number of rotatable bonds is 5. The Morgan fingerprint density at radius 3 is 2.78 bits per heavy atom. The van der Waals surface area contributed by atoms with E-state index in [9.17, 15) is 4.79 Å². The van der Waals surface area contributed by atoms with Crippen LogP contribution in [-0.4, -0.2) is 46.7 Å². The van der Waals surface area contributed by atoms with E-state index in [1.165, 1.54) is 11.1 Å². The molecule has 1 fully saturated rings. The van der Waals surface area contributed by atoms with E-state index in [2.05, 4.69) is 40.5 Å². The highest BCUT2D eigenvalue weighted by Crippen LogP contribution is 2.22. The van der Waals surface area contributed by atoms with Gasteiger partial charge < -0.3 is 20.3 Å². The second-order valence-corrected chi connectivity index (χ2v) is 6.74. The zero-order valence-electron chi connectivity index (χ0n) is 16.2. The summed E-state index contributed by atoms with van der Waals surface area (Å²) in [5.74, 6) is 1.35. The van der Waals surface area contributed by atoms with Crippen LogP contribution in [-0.2, 0) is 4.74 Å². The Bertz CT molecular complexity index is 788. The highest BCUT2D eigenvalue weighted by molar-refractivity contribution is 5.67. The molecule has 1 aromatic carbocycles. The van der Waals surface area contributed by atoms with Gasteiger partial charge in [0.15, 0.2) is 0 Å². The highest BCUT2D eigenvalue weighted by atomic mass is 16.6. The van der Waals surface area contributed by atoms with Crippen molar-refractivity contribution >= 4 is 23.5 Å². The molecule has 1 saturated heterocycles. The van der Waals surface area contributed by atoms with E-state index in [0.29, 0.717) is 25.6 Å². The molecule has 3 rings (SSSR count). The van der Waals surface area contributed by atoms with Crippen LogP contribution in [0.15, 0.2) is 30.5 Å². The molecule has 0 atom stereocenters. The molecule has 0 radical (unpaired) electrons. The van der Waals surface area contributed by atoms with Gasteiger partial charge in [0.2, 0.25) is 5.95 Å². The number of anilines is 3. The monoisotopic (exact) mass is 369 g/mol. The topological polar surface area (TPSA) is 79.4 Å². The molecule has 144 valence electrons. The lowest BCUT2D eigenvalue weighted by molar-refractivity contribution is 0.0983. The quantitative estimate of drug-likeness (QED) is 0.833. The van der Waals surface area contributed by atoms with Crippen molar-refractivity contribution in [2.75, 3.05) is 30.3 Å². The average Bonchev–Trinajstić information content (AvgIpc) is 2.67. The Balaban J connectivity index is 1.58. The van der Waals surface area contributed by atoms with Gasteiger partial charge in [0, 0.05) is 31.0 Å². The van der Waals surface area contributed by atoms with Crippen molar-refractivity contribution in [2.45, 2.75) is 39.7 Å². The first-order valence-corrected chi connectivity index (χ1v) is 9.41. The van der Waals surface area contributed by atoms with Gasteiger partial charge in [-0.15, -0.1) is 0 Å². The van der Waals surface area contributed by atoms with Gasteiger partial charge in [-0.25, -0.2) is 9.78 Å². The molecule has 1 aliphatic rings. The number of amides is 1. The zero-order chi connectivity index (χ0) is 19.2. The number of likely N-dealkylation sites (tertiary alicyclic amines) is 1. The summed E-state index contributed by atoms with van der Waals surface area (Å²) < 4.78 is 5.06. The van der Waals surface area contributed by atoms with Gasteiger partial charge >= 0.3 is 6.09 Å². The number of benzene rings is 1. The minimum atomic E-state index is -0.224. The maximum atomic E-state index is 11.8. The summed E-state index contributed by atoms with van der Waals surface area (Å²) in [6.07, 6.45) is 3.25. The third-order valence-corrected chi connectivity index (χ3v) is 4.88. The average molecular weight is 369 g/mol. The van der Waals surface area contributed by atoms with Gasteiger partial charge in [-0.2, -0.15) is 4.98 Å². The smallest absolute Gasteiger partial charge is 0.409 e. The standard InChI is InChI=1S/C20H27N5O2/c1-4-27-20(26)25-12-9-16(10-13-25)22-18-8-11-21-19(24-18)23-17-7-5-6-14(2)15(17)3/h5-8,11,16H,4,9-10,12-13H2,1-3H3,(H2,21,22,23,24). The molecule has 2 aromatic rings. The number of hydrogen-bond donors (Lipinski definition) is 2. The lowest BCUT2D eigenvalue weighted by Crippen LogP contribution is -2.42. The van der Waals surface area contributed by atoms with E-state index >= 15 is 0 Å². The van der Waals surface area contributed by atoms with Crippen LogP contribution in [0.2, 0.25) is 0 Å². The van der Waals surface area contributed by atoms with Crippen molar-refractivity contribution in [3.63, 3.8) is 0 Å². The molecule has 7 nitrogen and oxygen atoms in total. The molecule has 1 amide bonds. The van der Waals surface area contributed by atoms with Gasteiger partial charge in [0.05, 0.1) is 6.61 Å². The fourth-order valence-corrected chi connectivity index (χ4v) is 3.14. The van der Waals surface area contributed by atoms with Crippen LogP contribution in [0.1, 0.15) is 30.9 Å². The number of hydrogen-bond acceptors (Lipinski definition) is 6. The Labute approximate surface area is 160 Å². The second kappa shape index (κ2) is 8.70. The lowest BCUT2D eigenvalue weighted by Gasteiger charge is -2.31. The summed E-state index contributed by atoms with van der Waals surface area (Å²) in [6, 6.07) is 8.27. The molecule has 27 heavy (non-hydrogen) atoms. The summed E-state index contributed by atoms with van der Waals surface area (Å²) >= 11 is 0. The molecule has 0 aliphatic carbocycles. The van der Waals surface area contributed by atoms with Crippen molar-refractivity contribution in [3.8, 4) is 0 Å². The summed E-state index contributed by atoms with van der Waals surface area (Å²) in [5, 5.41) is 6.75. The van der Waals surface area contributed by atoms with Crippen LogP contribution in [0, 0.1) is 13.8 Å². The summed E-state index contributed by atoms with van der Waals surface area (Å²) in [6.45, 7) is 7.78. The van der Waals surface area contributed by atoms with Crippen LogP contribution in [0.5, 0.6) is 0 Å². The summed E-state index contributed by atoms with van der Waals surface area (Å²) in [4.78, 5) is 22.4. The van der Waals surface area contributed by atoms with E-state index in [1.807, 2.05) is 25.1 Å². The molecule has 0 unspecified atom stereocenters. The minimum Gasteiger partial charge on any atom is -0.450 e. The maximum Gasteiger partial charge on any atom is 0.409 e. The van der Waals surface area contributed by atoms with Crippen LogP contribution >= 0.6 is 0 Å². The van der Waals surface area contributed by atoms with Gasteiger partial charge in [0.1, 0.15) is 5.82 Å². The number of carbonyl (C=O) groups is 1. The van der Waals surface area contributed by atoms with Crippen LogP contribution in [0.25, 0.3) is 0 Å². The predicted octanol–water partition coefficient (Wildman–Crippen LogP) is 3.87. The lowest BCUT2D eigenvalue weighted by atomic mass is 10.1. The Morgan fingerprint density at radius 2 is 2.04 bits per heavy atom. The first kappa shape index (κ1) is 18.9. The van der Waals surface area contributed by atoms with E-state index < -0.39 is 0 Å². The number of nitrogens with one attached hydrogen (secondary N) is 2. The van der Waals surface area contributed by atoms with E-state index in [4.69, 9.17) is 4.74 Å². The first-order chi connectivity index (χ1) is 13.1. The molecule has 1 aliphatic heterocycles. The van der Waals surface area contributed by atoms with Gasteiger partial charge in [0.25, 0.3) is 0 Å². The molecule has 1 aromatic heterocycles. The van der Waals surface area contributed by atoms with Crippen molar-refractivity contribution < 1.29 is 9.53 Å². The van der Waals surface area contributed by atoms with E-state index in [1.54, 1.807) is 11.1 Å². The summed E-state index contributed by atoms with van der Waals surface area (Å²) in [5.41, 5.74) is 3.42. The summed E-state index contributed by atoms with van der Waals surface area (Å²) in [7, 11) is 0. The fraction of sp³-hybridized carbons (Fsp3) is 0.450. The molecular weight excluding hydrogens is 342 g/mol. The molecule has 0 saturated carbocycles.